The molecule has 0 aliphatic heterocycles. The molecule has 3 rings (SSSR count). The first-order chi connectivity index (χ1) is 15.1. The number of nitrogens with zero attached hydrogens (tertiary/aromatic N) is 3. The van der Waals surface area contributed by atoms with Gasteiger partial charge in [0.15, 0.2) is 11.0 Å². The van der Waals surface area contributed by atoms with Gasteiger partial charge in [-0.3, -0.25) is 9.36 Å². The summed E-state index contributed by atoms with van der Waals surface area (Å²) in [5.74, 6) is 0.795. The molecular formula is C22H22N4O4S. The summed E-state index contributed by atoms with van der Waals surface area (Å²) in [5.41, 5.74) is 0.875. The number of anilines is 1. The molecular weight excluding hydrogens is 416 g/mol. The van der Waals surface area contributed by atoms with Gasteiger partial charge in [0, 0.05) is 12.2 Å². The molecule has 160 valence electrons. The van der Waals surface area contributed by atoms with Gasteiger partial charge in [-0.05, 0) is 30.3 Å². The first-order valence-electron chi connectivity index (χ1n) is 9.42. The molecule has 2 aromatic carbocycles. The van der Waals surface area contributed by atoms with E-state index in [4.69, 9.17) is 9.47 Å². The molecule has 8 nitrogen and oxygen atoms in total. The topological polar surface area (TPSA) is 95.3 Å². The van der Waals surface area contributed by atoms with Crippen LogP contribution in [-0.4, -0.2) is 39.5 Å². The number of hydrogen-bond donors (Lipinski definition) is 1. The number of nitrogens with one attached hydrogen (secondary N) is 1. The minimum Gasteiger partial charge on any atom is -0.486 e. The molecule has 1 N–H and O–H groups in total. The monoisotopic (exact) mass is 438 g/mol. The molecule has 0 unspecified atom stereocenters. The number of ether oxygens (including phenoxy) is 2. The van der Waals surface area contributed by atoms with Crippen molar-refractivity contribution in [2.24, 2.45) is 0 Å². The highest BCUT2D eigenvalue weighted by atomic mass is 32.2. The lowest BCUT2D eigenvalue weighted by Crippen LogP contribution is -2.15. The second-order valence-electron chi connectivity index (χ2n) is 6.31. The van der Waals surface area contributed by atoms with E-state index in [2.05, 4.69) is 22.1 Å². The normalized spacial score (nSPS) is 10.4. The Hall–Kier alpha value is -3.59. The molecule has 0 aliphatic carbocycles. The number of para-hydroxylation sites is 1. The Labute approximate surface area is 184 Å². The quantitative estimate of drug-likeness (QED) is 0.294. The number of hydrogen-bond acceptors (Lipinski definition) is 7. The van der Waals surface area contributed by atoms with Crippen molar-refractivity contribution in [1.29, 1.82) is 0 Å². The fraction of sp³-hybridized carbons (Fsp3) is 0.182. The average Bonchev–Trinajstić information content (AvgIpc) is 3.18. The molecule has 0 saturated carbocycles. The molecule has 0 spiro atoms. The Morgan fingerprint density at radius 2 is 1.97 bits per heavy atom. The molecule has 0 aliphatic rings. The molecule has 0 atom stereocenters. The summed E-state index contributed by atoms with van der Waals surface area (Å²) in [6.45, 7) is 4.51. The van der Waals surface area contributed by atoms with Gasteiger partial charge in [0.1, 0.15) is 12.4 Å². The third-order valence-corrected chi connectivity index (χ3v) is 5.08. The lowest BCUT2D eigenvalue weighted by Gasteiger charge is -2.09. The van der Waals surface area contributed by atoms with E-state index in [1.54, 1.807) is 30.3 Å². The van der Waals surface area contributed by atoms with Crippen LogP contribution in [-0.2, 0) is 22.7 Å². The van der Waals surface area contributed by atoms with Crippen LogP contribution in [0.1, 0.15) is 16.2 Å². The second-order valence-corrected chi connectivity index (χ2v) is 7.25. The fourth-order valence-corrected chi connectivity index (χ4v) is 3.45. The number of aromatic nitrogens is 3. The van der Waals surface area contributed by atoms with Crippen molar-refractivity contribution in [2.45, 2.75) is 18.3 Å². The van der Waals surface area contributed by atoms with Crippen LogP contribution in [0.25, 0.3) is 0 Å². The Kier molecular flexibility index (Phi) is 7.83. The van der Waals surface area contributed by atoms with Gasteiger partial charge in [-0.25, -0.2) is 4.79 Å². The van der Waals surface area contributed by atoms with Crippen LogP contribution in [0.15, 0.2) is 72.4 Å². The zero-order chi connectivity index (χ0) is 22.1. The largest absolute Gasteiger partial charge is 0.486 e. The summed E-state index contributed by atoms with van der Waals surface area (Å²) >= 11 is 1.25. The van der Waals surface area contributed by atoms with E-state index < -0.39 is 5.97 Å². The van der Waals surface area contributed by atoms with Gasteiger partial charge < -0.3 is 14.8 Å². The van der Waals surface area contributed by atoms with Crippen molar-refractivity contribution in [3.63, 3.8) is 0 Å². The van der Waals surface area contributed by atoms with Crippen molar-refractivity contribution in [1.82, 2.24) is 14.8 Å². The average molecular weight is 439 g/mol. The molecule has 1 heterocycles. The third-order valence-electron chi connectivity index (χ3n) is 4.12. The van der Waals surface area contributed by atoms with Crippen molar-refractivity contribution < 1.29 is 19.1 Å². The lowest BCUT2D eigenvalue weighted by atomic mass is 10.2. The lowest BCUT2D eigenvalue weighted by molar-refractivity contribution is -0.113. The number of thioether (sulfide) groups is 1. The van der Waals surface area contributed by atoms with Crippen LogP contribution in [0.2, 0.25) is 0 Å². The third kappa shape index (κ3) is 6.19. The number of amides is 1. The van der Waals surface area contributed by atoms with Crippen LogP contribution in [0.3, 0.4) is 0 Å². The first-order valence-corrected chi connectivity index (χ1v) is 10.4. The van der Waals surface area contributed by atoms with Gasteiger partial charge in [-0.2, -0.15) is 0 Å². The molecule has 1 amide bonds. The summed E-state index contributed by atoms with van der Waals surface area (Å²) in [7, 11) is 1.31. The number of rotatable bonds is 10. The van der Waals surface area contributed by atoms with Gasteiger partial charge in [0.05, 0.1) is 18.4 Å². The Morgan fingerprint density at radius 3 is 2.71 bits per heavy atom. The summed E-state index contributed by atoms with van der Waals surface area (Å²) in [4.78, 5) is 24.0. The summed E-state index contributed by atoms with van der Waals surface area (Å²) in [6.07, 6.45) is 1.73. The zero-order valence-corrected chi connectivity index (χ0v) is 17.8. The SMILES string of the molecule is C=CCn1c(COc2ccccc2)nnc1SCC(=O)Nc1cccc(C(=O)OC)c1. The van der Waals surface area contributed by atoms with E-state index in [1.165, 1.54) is 18.9 Å². The van der Waals surface area contributed by atoms with Crippen LogP contribution in [0.5, 0.6) is 5.75 Å². The van der Waals surface area contributed by atoms with Crippen LogP contribution in [0, 0.1) is 0 Å². The minimum atomic E-state index is -0.465. The number of carbonyl (C=O) groups excluding carboxylic acids is 2. The predicted molar refractivity (Wildman–Crippen MR) is 118 cm³/mol. The zero-order valence-electron chi connectivity index (χ0n) is 17.0. The number of methoxy groups -OCH3 is 1. The van der Waals surface area contributed by atoms with E-state index in [1.807, 2.05) is 34.9 Å². The highest BCUT2D eigenvalue weighted by Crippen LogP contribution is 2.20. The van der Waals surface area contributed by atoms with Gasteiger partial charge in [-0.1, -0.05) is 42.1 Å². The Balaban J connectivity index is 1.60. The van der Waals surface area contributed by atoms with Crippen molar-refractivity contribution in [3.8, 4) is 5.75 Å². The minimum absolute atomic E-state index is 0.122. The fourth-order valence-electron chi connectivity index (χ4n) is 2.68. The van der Waals surface area contributed by atoms with Crippen molar-refractivity contribution in [2.75, 3.05) is 18.2 Å². The first kappa shape index (κ1) is 22.1. The van der Waals surface area contributed by atoms with E-state index in [9.17, 15) is 9.59 Å². The number of benzene rings is 2. The highest BCUT2D eigenvalue weighted by molar-refractivity contribution is 7.99. The van der Waals surface area contributed by atoms with Gasteiger partial charge in [-0.15, -0.1) is 16.8 Å². The summed E-state index contributed by atoms with van der Waals surface area (Å²) in [5, 5.41) is 11.7. The number of allylic oxidation sites excluding steroid dienone is 1. The smallest absolute Gasteiger partial charge is 0.337 e. The molecule has 0 bridgehead atoms. The molecule has 0 saturated heterocycles. The predicted octanol–water partition coefficient (Wildman–Crippen LogP) is 3.56. The summed E-state index contributed by atoms with van der Waals surface area (Å²) in [6, 6.07) is 16.0. The molecule has 0 radical (unpaired) electrons. The van der Waals surface area contributed by atoms with E-state index in [-0.39, 0.29) is 18.3 Å². The maximum absolute atomic E-state index is 12.4. The molecule has 9 heteroatoms. The maximum atomic E-state index is 12.4. The molecule has 3 aromatic rings. The van der Waals surface area contributed by atoms with Crippen molar-refractivity contribution >= 4 is 29.3 Å². The van der Waals surface area contributed by atoms with Crippen LogP contribution in [0.4, 0.5) is 5.69 Å². The summed E-state index contributed by atoms with van der Waals surface area (Å²) < 4.78 is 12.3. The number of carbonyl (C=O) groups is 2. The van der Waals surface area contributed by atoms with E-state index >= 15 is 0 Å². The van der Waals surface area contributed by atoms with Gasteiger partial charge >= 0.3 is 5.97 Å². The van der Waals surface area contributed by atoms with Gasteiger partial charge in [0.2, 0.25) is 5.91 Å². The van der Waals surface area contributed by atoms with Gasteiger partial charge in [0.25, 0.3) is 0 Å². The molecule has 0 fully saturated rings. The van der Waals surface area contributed by atoms with E-state index in [0.717, 1.165) is 5.75 Å². The molecule has 1 aromatic heterocycles. The van der Waals surface area contributed by atoms with E-state index in [0.29, 0.717) is 28.8 Å². The standard InChI is InChI=1S/C22H22N4O4S/c1-3-12-26-19(14-30-18-10-5-4-6-11-18)24-25-22(26)31-15-20(27)23-17-9-7-8-16(13-17)21(28)29-2/h3-11,13H,1,12,14-15H2,2H3,(H,23,27). The number of esters is 1. The Bertz CT molecular complexity index is 1050. The highest BCUT2D eigenvalue weighted by Gasteiger charge is 2.15. The maximum Gasteiger partial charge on any atom is 0.337 e. The Morgan fingerprint density at radius 1 is 1.16 bits per heavy atom. The molecule has 31 heavy (non-hydrogen) atoms. The van der Waals surface area contributed by atoms with Crippen LogP contribution < -0.4 is 10.1 Å². The van der Waals surface area contributed by atoms with Crippen LogP contribution >= 0.6 is 11.8 Å². The second kappa shape index (κ2) is 11.0. The van der Waals surface area contributed by atoms with Crippen molar-refractivity contribution in [3.05, 3.63) is 78.6 Å².